The fourth-order valence-corrected chi connectivity index (χ4v) is 4.09. The molecule has 4 rings (SSSR count). The van der Waals surface area contributed by atoms with Crippen molar-refractivity contribution >= 4 is 29.2 Å². The van der Waals surface area contributed by atoms with Gasteiger partial charge < -0.3 is 15.2 Å². The van der Waals surface area contributed by atoms with Crippen LogP contribution in [0.3, 0.4) is 0 Å². The van der Waals surface area contributed by atoms with E-state index in [-0.39, 0.29) is 17.9 Å². The van der Waals surface area contributed by atoms with Crippen LogP contribution in [0.4, 0.5) is 10.1 Å². The van der Waals surface area contributed by atoms with Crippen molar-refractivity contribution in [3.8, 4) is 0 Å². The fraction of sp³-hybridized carbons (Fsp3) is 0.364. The maximum atomic E-state index is 13.7. The summed E-state index contributed by atoms with van der Waals surface area (Å²) in [4.78, 5) is 30.6. The van der Waals surface area contributed by atoms with Crippen molar-refractivity contribution in [1.82, 2.24) is 20.7 Å². The van der Waals surface area contributed by atoms with E-state index in [1.807, 2.05) is 13.8 Å². The number of fused-ring (bicyclic) bond motifs is 1. The fourth-order valence-electron chi connectivity index (χ4n) is 4.09. The highest BCUT2D eigenvalue weighted by Gasteiger charge is 2.26. The van der Waals surface area contributed by atoms with Crippen LogP contribution in [0.2, 0.25) is 0 Å². The molecule has 1 aromatic heterocycles. The zero-order valence-corrected chi connectivity index (χ0v) is 17.4. The number of H-pyrrole nitrogens is 1. The number of hydrogen-bond acceptors (Lipinski definition) is 4. The van der Waals surface area contributed by atoms with Crippen molar-refractivity contribution in [3.63, 3.8) is 0 Å². The molecule has 8 heteroatoms. The van der Waals surface area contributed by atoms with E-state index in [2.05, 4.69) is 33.1 Å². The number of nitrogens with zero attached hydrogens (tertiary/aromatic N) is 1. The van der Waals surface area contributed by atoms with Gasteiger partial charge in [-0.3, -0.25) is 15.0 Å². The normalized spacial score (nSPS) is 18.5. The second kappa shape index (κ2) is 8.04. The first-order valence-electron chi connectivity index (χ1n) is 10.1. The number of likely N-dealkylation sites (tertiary alicyclic amines) is 1. The molecule has 0 spiro atoms. The van der Waals surface area contributed by atoms with E-state index in [1.54, 1.807) is 12.1 Å². The first-order chi connectivity index (χ1) is 14.3. The second-order valence-corrected chi connectivity index (χ2v) is 8.04. The number of hydrogen-bond donors (Lipinski definition) is 4. The molecule has 1 aromatic carbocycles. The van der Waals surface area contributed by atoms with Crippen molar-refractivity contribution in [1.29, 1.82) is 0 Å². The summed E-state index contributed by atoms with van der Waals surface area (Å²) in [5.74, 6) is -0.917. The van der Waals surface area contributed by atoms with E-state index in [0.717, 1.165) is 31.5 Å². The first-order valence-corrected chi connectivity index (χ1v) is 10.1. The lowest BCUT2D eigenvalue weighted by molar-refractivity contribution is -0.110. The topological polar surface area (TPSA) is 89.3 Å². The molecule has 0 atom stereocenters. The van der Waals surface area contributed by atoms with Crippen LogP contribution >= 0.6 is 0 Å². The summed E-state index contributed by atoms with van der Waals surface area (Å²) in [6.07, 6.45) is 3.62. The maximum Gasteiger partial charge on any atom is 0.267 e. The highest BCUT2D eigenvalue weighted by molar-refractivity contribution is 6.34. The van der Waals surface area contributed by atoms with Crippen molar-refractivity contribution < 1.29 is 14.0 Å². The molecule has 1 saturated heterocycles. The first kappa shape index (κ1) is 20.3. The number of nitrogens with one attached hydrogen (secondary N) is 4. The van der Waals surface area contributed by atoms with Crippen molar-refractivity contribution in [2.45, 2.75) is 32.7 Å². The number of carbonyl (C=O) groups is 2. The highest BCUT2D eigenvalue weighted by Crippen LogP contribution is 2.34. The second-order valence-electron chi connectivity index (χ2n) is 8.04. The van der Waals surface area contributed by atoms with E-state index < -0.39 is 5.82 Å². The number of hydrazine groups is 1. The molecule has 7 nitrogen and oxygen atoms in total. The Balaban J connectivity index is 1.54. The van der Waals surface area contributed by atoms with Crippen LogP contribution in [0.1, 0.15) is 45.7 Å². The lowest BCUT2D eigenvalue weighted by atomic mass is 10.0. The van der Waals surface area contributed by atoms with Gasteiger partial charge in [0.2, 0.25) is 0 Å². The Labute approximate surface area is 174 Å². The standard InChI is InChI=1S/C22H26FN5O2/c1-12-19(11-17-16-10-14(23)4-5-18(16)25-21(17)29)24-13(2)20(12)22(30)27-26-15-6-8-28(3)9-7-15/h4-5,10-11,15,24,26H,6-9H2,1-3H3,(H,25,29)(H,27,30)/b17-11+. The van der Waals surface area contributed by atoms with Crippen molar-refractivity contribution in [3.05, 3.63) is 52.1 Å². The Morgan fingerprint density at radius 2 is 2.00 bits per heavy atom. The number of amides is 2. The SMILES string of the molecule is Cc1[nH]c(/C=C2/C(=O)Nc3ccc(F)cc32)c(C)c1C(=O)NNC1CCN(C)CC1. The molecule has 1 fully saturated rings. The smallest absolute Gasteiger partial charge is 0.267 e. The number of aromatic amines is 1. The van der Waals surface area contributed by atoms with Gasteiger partial charge >= 0.3 is 0 Å². The minimum atomic E-state index is -0.407. The van der Waals surface area contributed by atoms with E-state index in [9.17, 15) is 14.0 Å². The number of halogens is 1. The summed E-state index contributed by atoms with van der Waals surface area (Å²) in [6.45, 7) is 5.65. The summed E-state index contributed by atoms with van der Waals surface area (Å²) < 4.78 is 13.7. The highest BCUT2D eigenvalue weighted by atomic mass is 19.1. The molecule has 3 heterocycles. The molecule has 30 heavy (non-hydrogen) atoms. The Morgan fingerprint density at radius 1 is 1.27 bits per heavy atom. The number of benzene rings is 1. The van der Waals surface area contributed by atoms with E-state index in [0.29, 0.717) is 33.8 Å². The molecule has 2 aliphatic rings. The van der Waals surface area contributed by atoms with E-state index >= 15 is 0 Å². The zero-order valence-electron chi connectivity index (χ0n) is 17.4. The molecule has 2 amide bonds. The van der Waals surface area contributed by atoms with Crippen LogP contribution in [-0.2, 0) is 4.79 Å². The van der Waals surface area contributed by atoms with Crippen LogP contribution in [0.5, 0.6) is 0 Å². The van der Waals surface area contributed by atoms with Crippen LogP contribution in [-0.4, -0.2) is 47.9 Å². The van der Waals surface area contributed by atoms with Gasteiger partial charge in [-0.25, -0.2) is 9.82 Å². The van der Waals surface area contributed by atoms with Gasteiger partial charge in [0.1, 0.15) is 5.82 Å². The molecule has 0 radical (unpaired) electrons. The number of aromatic nitrogens is 1. The maximum absolute atomic E-state index is 13.7. The summed E-state index contributed by atoms with van der Waals surface area (Å²) in [5, 5.41) is 2.74. The number of anilines is 1. The van der Waals surface area contributed by atoms with Gasteiger partial charge in [-0.05, 0) is 76.7 Å². The van der Waals surface area contributed by atoms with Gasteiger partial charge in [0.25, 0.3) is 11.8 Å². The molecule has 0 aliphatic carbocycles. The third kappa shape index (κ3) is 3.88. The van der Waals surface area contributed by atoms with E-state index in [4.69, 9.17) is 0 Å². The van der Waals surface area contributed by atoms with Crippen molar-refractivity contribution in [2.75, 3.05) is 25.5 Å². The number of rotatable bonds is 4. The Hall–Kier alpha value is -2.97. The van der Waals surface area contributed by atoms with Gasteiger partial charge in [-0.1, -0.05) is 0 Å². The van der Waals surface area contributed by atoms with Crippen LogP contribution in [0.25, 0.3) is 11.6 Å². The average Bonchev–Trinajstić information content (AvgIpc) is 3.17. The summed E-state index contributed by atoms with van der Waals surface area (Å²) in [7, 11) is 2.09. The summed E-state index contributed by atoms with van der Waals surface area (Å²) in [5.41, 5.74) is 10.1. The summed E-state index contributed by atoms with van der Waals surface area (Å²) >= 11 is 0. The van der Waals surface area contributed by atoms with Gasteiger partial charge in [-0.15, -0.1) is 0 Å². The molecule has 4 N–H and O–H groups in total. The van der Waals surface area contributed by atoms with Gasteiger partial charge in [0.05, 0.1) is 11.1 Å². The van der Waals surface area contributed by atoms with Gasteiger partial charge in [0.15, 0.2) is 0 Å². The molecular weight excluding hydrogens is 385 g/mol. The number of piperidine rings is 1. The van der Waals surface area contributed by atoms with Gasteiger partial charge in [-0.2, -0.15) is 0 Å². The summed E-state index contributed by atoms with van der Waals surface area (Å²) in [6, 6.07) is 4.44. The quantitative estimate of drug-likeness (QED) is 0.460. The van der Waals surface area contributed by atoms with Gasteiger partial charge in [0, 0.05) is 28.7 Å². The van der Waals surface area contributed by atoms with Crippen LogP contribution < -0.4 is 16.2 Å². The third-order valence-electron chi connectivity index (χ3n) is 5.86. The van der Waals surface area contributed by atoms with E-state index in [1.165, 1.54) is 12.1 Å². The van der Waals surface area contributed by atoms with Crippen molar-refractivity contribution in [2.24, 2.45) is 0 Å². The predicted molar refractivity (Wildman–Crippen MR) is 114 cm³/mol. The Kier molecular flexibility index (Phi) is 5.44. The minimum Gasteiger partial charge on any atom is -0.358 e. The largest absolute Gasteiger partial charge is 0.358 e. The molecule has 158 valence electrons. The molecular formula is C22H26FN5O2. The van der Waals surface area contributed by atoms with Crippen LogP contribution in [0, 0.1) is 19.7 Å². The zero-order chi connectivity index (χ0) is 21.4. The lowest BCUT2D eigenvalue weighted by Crippen LogP contribution is -2.49. The number of aryl methyl sites for hydroxylation is 1. The molecule has 0 saturated carbocycles. The predicted octanol–water partition coefficient (Wildman–Crippen LogP) is 2.59. The molecule has 2 aliphatic heterocycles. The molecule has 2 aromatic rings. The Morgan fingerprint density at radius 3 is 2.73 bits per heavy atom. The molecule has 0 bridgehead atoms. The van der Waals surface area contributed by atoms with Crippen LogP contribution in [0.15, 0.2) is 18.2 Å². The third-order valence-corrected chi connectivity index (χ3v) is 5.86. The Bertz CT molecular complexity index is 1030. The minimum absolute atomic E-state index is 0.216. The molecule has 0 unspecified atom stereocenters. The lowest BCUT2D eigenvalue weighted by Gasteiger charge is -2.29. The average molecular weight is 411 g/mol. The number of carbonyl (C=O) groups excluding carboxylic acids is 2. The monoisotopic (exact) mass is 411 g/mol.